The summed E-state index contributed by atoms with van der Waals surface area (Å²) in [5, 5.41) is 0.0108. The molecule has 10 heteroatoms. The number of piperazine rings is 1. The van der Waals surface area contributed by atoms with Crippen LogP contribution in [0, 0.1) is 17.6 Å². The lowest BCUT2D eigenvalue weighted by atomic mass is 10.1. The molecule has 1 aliphatic heterocycles. The van der Waals surface area contributed by atoms with Gasteiger partial charge >= 0.3 is 5.69 Å². The van der Waals surface area contributed by atoms with Gasteiger partial charge in [-0.2, -0.15) is 0 Å². The fourth-order valence-corrected chi connectivity index (χ4v) is 4.33. The minimum atomic E-state index is -0.704. The third kappa shape index (κ3) is 4.11. The van der Waals surface area contributed by atoms with Crippen molar-refractivity contribution in [2.24, 2.45) is 5.92 Å². The van der Waals surface area contributed by atoms with Gasteiger partial charge < -0.3 is 9.80 Å². The summed E-state index contributed by atoms with van der Waals surface area (Å²) in [7, 11) is 0. The number of nitrogens with zero attached hydrogens (tertiary/aromatic N) is 3. The molecule has 1 aliphatic carbocycles. The number of H-pyrrole nitrogens is 1. The lowest BCUT2D eigenvalue weighted by Crippen LogP contribution is -2.51. The zero-order valence-electron chi connectivity index (χ0n) is 18.2. The van der Waals surface area contributed by atoms with Crippen LogP contribution in [0.2, 0.25) is 0 Å². The molecule has 8 nitrogen and oxygen atoms in total. The number of fused-ring (bicyclic) bond motifs is 1. The van der Waals surface area contributed by atoms with Crippen LogP contribution in [0.4, 0.5) is 8.78 Å². The Morgan fingerprint density at radius 1 is 0.941 bits per heavy atom. The molecule has 2 amide bonds. The molecule has 0 radical (unpaired) electrons. The highest BCUT2D eigenvalue weighted by Crippen LogP contribution is 2.31. The predicted octanol–water partition coefficient (Wildman–Crippen LogP) is 1.71. The number of rotatable bonds is 4. The van der Waals surface area contributed by atoms with E-state index in [1.165, 1.54) is 27.7 Å². The van der Waals surface area contributed by atoms with Crippen LogP contribution in [-0.2, 0) is 11.3 Å². The zero-order valence-corrected chi connectivity index (χ0v) is 18.2. The summed E-state index contributed by atoms with van der Waals surface area (Å²) in [6, 6.07) is 7.51. The van der Waals surface area contributed by atoms with Crippen molar-refractivity contribution >= 4 is 22.7 Å². The van der Waals surface area contributed by atoms with Gasteiger partial charge in [0, 0.05) is 32.1 Å². The number of carbonyl (C=O) groups excluding carboxylic acids is 2. The van der Waals surface area contributed by atoms with E-state index in [4.69, 9.17) is 0 Å². The normalized spacial score (nSPS) is 16.2. The lowest BCUT2D eigenvalue weighted by Gasteiger charge is -2.35. The maximum atomic E-state index is 14.6. The first-order valence-electron chi connectivity index (χ1n) is 11.1. The summed E-state index contributed by atoms with van der Waals surface area (Å²) in [6.45, 7) is 1.41. The molecule has 1 saturated heterocycles. The molecular formula is C24H22F2N4O4. The van der Waals surface area contributed by atoms with Crippen LogP contribution >= 0.6 is 0 Å². The molecule has 2 aromatic carbocycles. The first kappa shape index (κ1) is 22.0. The van der Waals surface area contributed by atoms with Gasteiger partial charge in [-0.25, -0.2) is 13.6 Å². The van der Waals surface area contributed by atoms with Gasteiger partial charge in [0.1, 0.15) is 11.6 Å². The van der Waals surface area contributed by atoms with Gasteiger partial charge in [-0.3, -0.25) is 23.9 Å². The fourth-order valence-electron chi connectivity index (χ4n) is 4.33. The third-order valence-electron chi connectivity index (χ3n) is 6.37. The van der Waals surface area contributed by atoms with Crippen molar-refractivity contribution in [2.45, 2.75) is 19.4 Å². The van der Waals surface area contributed by atoms with Gasteiger partial charge in [0.2, 0.25) is 5.91 Å². The SMILES string of the molecule is O=C(c1cc(Cn2c(=O)[nH]c(=O)c3cc(F)ccc32)ccc1F)N1CCN(C(=O)C2CC2)CC1. The maximum Gasteiger partial charge on any atom is 0.329 e. The fraction of sp³-hybridized carbons (Fsp3) is 0.333. The van der Waals surface area contributed by atoms with Crippen LogP contribution < -0.4 is 11.2 Å². The molecule has 1 N–H and O–H groups in total. The number of carbonyl (C=O) groups is 2. The highest BCUT2D eigenvalue weighted by atomic mass is 19.1. The molecule has 0 atom stereocenters. The number of aromatic nitrogens is 2. The minimum absolute atomic E-state index is 0.0108. The standard InChI is InChI=1S/C24H22F2N4O4/c25-16-4-6-20-18(12-16)21(31)27-24(34)30(20)13-14-1-5-19(26)17(11-14)23(33)29-9-7-28(8-10-29)22(32)15-2-3-15/h1,4-6,11-12,15H,2-3,7-10,13H2,(H,27,31,34). The number of hydrogen-bond donors (Lipinski definition) is 1. The van der Waals surface area contributed by atoms with E-state index >= 15 is 0 Å². The topological polar surface area (TPSA) is 95.5 Å². The van der Waals surface area contributed by atoms with E-state index < -0.39 is 28.8 Å². The monoisotopic (exact) mass is 468 g/mol. The zero-order chi connectivity index (χ0) is 24.0. The largest absolute Gasteiger partial charge is 0.339 e. The average molecular weight is 468 g/mol. The Bertz CT molecular complexity index is 1420. The summed E-state index contributed by atoms with van der Waals surface area (Å²) < 4.78 is 29.4. The van der Waals surface area contributed by atoms with Crippen LogP contribution in [0.3, 0.4) is 0 Å². The van der Waals surface area contributed by atoms with Crippen LogP contribution in [0.5, 0.6) is 0 Å². The Morgan fingerprint density at radius 3 is 2.35 bits per heavy atom. The van der Waals surface area contributed by atoms with Crippen molar-refractivity contribution in [2.75, 3.05) is 26.2 Å². The summed E-state index contributed by atoms with van der Waals surface area (Å²) >= 11 is 0. The van der Waals surface area contributed by atoms with Crippen molar-refractivity contribution in [1.29, 1.82) is 0 Å². The minimum Gasteiger partial charge on any atom is -0.339 e. The Kier molecular flexibility index (Phi) is 5.51. The van der Waals surface area contributed by atoms with Crippen LogP contribution in [0.1, 0.15) is 28.8 Å². The molecule has 176 valence electrons. The molecule has 34 heavy (non-hydrogen) atoms. The van der Waals surface area contributed by atoms with E-state index in [0.717, 1.165) is 31.0 Å². The Balaban J connectivity index is 1.39. The van der Waals surface area contributed by atoms with E-state index in [-0.39, 0.29) is 34.8 Å². The molecular weight excluding hydrogens is 446 g/mol. The number of benzene rings is 2. The summed E-state index contributed by atoms with van der Waals surface area (Å²) in [6.07, 6.45) is 1.83. The summed E-state index contributed by atoms with van der Waals surface area (Å²) in [4.78, 5) is 55.2. The second-order valence-corrected chi connectivity index (χ2v) is 8.71. The van der Waals surface area contributed by atoms with Crippen LogP contribution in [0.15, 0.2) is 46.0 Å². The molecule has 1 aromatic heterocycles. The Morgan fingerprint density at radius 2 is 1.65 bits per heavy atom. The Hall–Kier alpha value is -3.82. The number of amides is 2. The van der Waals surface area contributed by atoms with Crippen molar-refractivity contribution in [3.63, 3.8) is 0 Å². The quantitative estimate of drug-likeness (QED) is 0.631. The van der Waals surface area contributed by atoms with Crippen molar-refractivity contribution in [1.82, 2.24) is 19.4 Å². The third-order valence-corrected chi connectivity index (χ3v) is 6.37. The highest BCUT2D eigenvalue weighted by molar-refractivity contribution is 5.95. The molecule has 1 saturated carbocycles. The molecule has 2 heterocycles. The van der Waals surface area contributed by atoms with Crippen molar-refractivity contribution in [3.8, 4) is 0 Å². The van der Waals surface area contributed by atoms with E-state index in [1.807, 2.05) is 0 Å². The highest BCUT2D eigenvalue weighted by Gasteiger charge is 2.35. The average Bonchev–Trinajstić information content (AvgIpc) is 3.68. The molecule has 0 bridgehead atoms. The van der Waals surface area contributed by atoms with Crippen molar-refractivity contribution < 1.29 is 18.4 Å². The van der Waals surface area contributed by atoms with E-state index in [2.05, 4.69) is 4.98 Å². The van der Waals surface area contributed by atoms with E-state index in [9.17, 15) is 28.0 Å². The second kappa shape index (κ2) is 8.51. The first-order chi connectivity index (χ1) is 16.3. The molecule has 2 fully saturated rings. The first-order valence-corrected chi connectivity index (χ1v) is 11.1. The van der Waals surface area contributed by atoms with Gasteiger partial charge in [0.25, 0.3) is 11.5 Å². The molecule has 0 unspecified atom stereocenters. The molecule has 2 aliphatic rings. The number of nitrogens with one attached hydrogen (secondary N) is 1. The van der Waals surface area contributed by atoms with Gasteiger partial charge in [-0.05, 0) is 48.7 Å². The van der Waals surface area contributed by atoms with Crippen LogP contribution in [0.25, 0.3) is 10.9 Å². The Labute approximate surface area is 192 Å². The van der Waals surface area contributed by atoms with E-state index in [0.29, 0.717) is 31.7 Å². The molecule has 5 rings (SSSR count). The predicted molar refractivity (Wildman–Crippen MR) is 119 cm³/mol. The lowest BCUT2D eigenvalue weighted by molar-refractivity contribution is -0.134. The summed E-state index contributed by atoms with van der Waals surface area (Å²) in [5.74, 6) is -1.56. The maximum absolute atomic E-state index is 14.6. The van der Waals surface area contributed by atoms with E-state index in [1.54, 1.807) is 4.90 Å². The number of aromatic amines is 1. The van der Waals surface area contributed by atoms with Gasteiger partial charge in [-0.15, -0.1) is 0 Å². The van der Waals surface area contributed by atoms with Gasteiger partial charge in [0.15, 0.2) is 0 Å². The number of halogens is 2. The molecule has 0 spiro atoms. The van der Waals surface area contributed by atoms with Gasteiger partial charge in [-0.1, -0.05) is 6.07 Å². The van der Waals surface area contributed by atoms with Crippen molar-refractivity contribution in [3.05, 3.63) is 80.0 Å². The second-order valence-electron chi connectivity index (χ2n) is 8.71. The molecule has 3 aromatic rings. The number of hydrogen-bond acceptors (Lipinski definition) is 4. The van der Waals surface area contributed by atoms with Crippen LogP contribution in [-0.4, -0.2) is 57.3 Å². The smallest absolute Gasteiger partial charge is 0.329 e. The van der Waals surface area contributed by atoms with Gasteiger partial charge in [0.05, 0.1) is 23.0 Å². The summed E-state index contributed by atoms with van der Waals surface area (Å²) in [5.41, 5.74) is -0.842.